The monoisotopic (exact) mass is 255 g/mol. The fourth-order valence-electron chi connectivity index (χ4n) is 1.34. The molecule has 3 nitrogen and oxygen atoms in total. The van der Waals surface area contributed by atoms with E-state index in [0.717, 1.165) is 15.1 Å². The molecule has 0 aliphatic rings. The number of ether oxygens (including phenoxy) is 1. The standard InChI is InChI=1S/C11H10ClNO2S/c1-2-15-11(14)13-10-6-7-5-8(12)3-4-9(7)16-10/h3-6H,2H2,1H3,(H,13,14). The zero-order valence-electron chi connectivity index (χ0n) is 8.62. The maximum Gasteiger partial charge on any atom is 0.412 e. The van der Waals surface area contributed by atoms with E-state index in [1.165, 1.54) is 11.3 Å². The van der Waals surface area contributed by atoms with Crippen LogP contribution in [0.3, 0.4) is 0 Å². The summed E-state index contributed by atoms with van der Waals surface area (Å²) in [7, 11) is 0. The molecule has 0 aliphatic heterocycles. The van der Waals surface area contributed by atoms with Gasteiger partial charge >= 0.3 is 6.09 Å². The molecule has 1 aromatic heterocycles. The lowest BCUT2D eigenvalue weighted by molar-refractivity contribution is 0.168. The van der Waals surface area contributed by atoms with E-state index in [0.29, 0.717) is 11.6 Å². The number of fused-ring (bicyclic) bond motifs is 1. The fraction of sp³-hybridized carbons (Fsp3) is 0.182. The first-order valence-electron chi connectivity index (χ1n) is 4.82. The highest BCUT2D eigenvalue weighted by atomic mass is 35.5. The van der Waals surface area contributed by atoms with Gasteiger partial charge in [-0.1, -0.05) is 11.6 Å². The Hall–Kier alpha value is -1.26. The zero-order chi connectivity index (χ0) is 11.5. The highest BCUT2D eigenvalue weighted by Gasteiger charge is 2.06. The Morgan fingerprint density at radius 3 is 3.06 bits per heavy atom. The van der Waals surface area contributed by atoms with Crippen molar-refractivity contribution in [2.24, 2.45) is 0 Å². The molecule has 5 heteroatoms. The molecule has 1 heterocycles. The molecule has 0 fully saturated rings. The molecule has 0 saturated heterocycles. The van der Waals surface area contributed by atoms with Crippen LogP contribution in [0.4, 0.5) is 9.80 Å². The van der Waals surface area contributed by atoms with Gasteiger partial charge in [0.15, 0.2) is 0 Å². The summed E-state index contributed by atoms with van der Waals surface area (Å²) in [5.74, 6) is 0. The number of hydrogen-bond donors (Lipinski definition) is 1. The van der Waals surface area contributed by atoms with E-state index >= 15 is 0 Å². The summed E-state index contributed by atoms with van der Waals surface area (Å²) in [4.78, 5) is 11.2. The van der Waals surface area contributed by atoms with Crippen LogP contribution in [0.5, 0.6) is 0 Å². The van der Waals surface area contributed by atoms with Gasteiger partial charge in [-0.3, -0.25) is 5.32 Å². The third-order valence-electron chi connectivity index (χ3n) is 1.98. The average Bonchev–Trinajstić information content (AvgIpc) is 2.59. The molecule has 0 radical (unpaired) electrons. The van der Waals surface area contributed by atoms with Gasteiger partial charge in [0, 0.05) is 9.72 Å². The van der Waals surface area contributed by atoms with Gasteiger partial charge in [-0.05, 0) is 36.6 Å². The SMILES string of the molecule is CCOC(=O)Nc1cc2cc(Cl)ccc2s1. The molecule has 84 valence electrons. The summed E-state index contributed by atoms with van der Waals surface area (Å²) < 4.78 is 5.88. The molecular formula is C11H10ClNO2S. The highest BCUT2D eigenvalue weighted by Crippen LogP contribution is 2.31. The van der Waals surface area contributed by atoms with E-state index in [9.17, 15) is 4.79 Å². The largest absolute Gasteiger partial charge is 0.450 e. The topological polar surface area (TPSA) is 38.3 Å². The summed E-state index contributed by atoms with van der Waals surface area (Å²) in [5, 5.41) is 5.13. The van der Waals surface area contributed by atoms with Crippen molar-refractivity contribution in [1.82, 2.24) is 0 Å². The van der Waals surface area contributed by atoms with Gasteiger partial charge in [-0.2, -0.15) is 0 Å². The molecule has 0 bridgehead atoms. The number of hydrogen-bond acceptors (Lipinski definition) is 3. The Morgan fingerprint density at radius 2 is 2.31 bits per heavy atom. The van der Waals surface area contributed by atoms with Crippen molar-refractivity contribution in [2.75, 3.05) is 11.9 Å². The number of nitrogens with one attached hydrogen (secondary N) is 1. The third-order valence-corrected chi connectivity index (χ3v) is 3.25. The maximum absolute atomic E-state index is 11.2. The minimum Gasteiger partial charge on any atom is -0.450 e. The first-order chi connectivity index (χ1) is 7.69. The van der Waals surface area contributed by atoms with Gasteiger partial charge in [-0.15, -0.1) is 11.3 Å². The molecule has 2 aromatic rings. The van der Waals surface area contributed by atoms with Gasteiger partial charge in [0.1, 0.15) is 0 Å². The molecule has 1 amide bonds. The Bertz CT molecular complexity index is 524. The Balaban J connectivity index is 2.23. The molecule has 2 rings (SSSR count). The Morgan fingerprint density at radius 1 is 1.50 bits per heavy atom. The van der Waals surface area contributed by atoms with Gasteiger partial charge in [-0.25, -0.2) is 4.79 Å². The number of carbonyl (C=O) groups is 1. The van der Waals surface area contributed by atoms with E-state index in [1.54, 1.807) is 6.92 Å². The van der Waals surface area contributed by atoms with Crippen molar-refractivity contribution < 1.29 is 9.53 Å². The van der Waals surface area contributed by atoms with Crippen LogP contribution >= 0.6 is 22.9 Å². The lowest BCUT2D eigenvalue weighted by Gasteiger charge is -2.00. The first kappa shape index (κ1) is 11.2. The number of amides is 1. The second-order valence-electron chi connectivity index (χ2n) is 3.14. The van der Waals surface area contributed by atoms with Crippen LogP contribution in [0.25, 0.3) is 10.1 Å². The van der Waals surface area contributed by atoms with Gasteiger partial charge < -0.3 is 4.74 Å². The van der Waals surface area contributed by atoms with E-state index in [4.69, 9.17) is 16.3 Å². The van der Waals surface area contributed by atoms with Crippen molar-refractivity contribution >= 4 is 44.1 Å². The number of rotatable bonds is 2. The minimum absolute atomic E-state index is 0.364. The molecular weight excluding hydrogens is 246 g/mol. The van der Waals surface area contributed by atoms with E-state index in [-0.39, 0.29) is 0 Å². The van der Waals surface area contributed by atoms with Crippen molar-refractivity contribution in [3.63, 3.8) is 0 Å². The maximum atomic E-state index is 11.2. The summed E-state index contributed by atoms with van der Waals surface area (Å²) >= 11 is 7.37. The van der Waals surface area contributed by atoms with Crippen LogP contribution in [-0.2, 0) is 4.74 Å². The third kappa shape index (κ3) is 2.46. The molecule has 0 unspecified atom stereocenters. The van der Waals surface area contributed by atoms with E-state index in [2.05, 4.69) is 5.32 Å². The van der Waals surface area contributed by atoms with Crippen LogP contribution in [0.1, 0.15) is 6.92 Å². The summed E-state index contributed by atoms with van der Waals surface area (Å²) in [5.41, 5.74) is 0. The van der Waals surface area contributed by atoms with Crippen LogP contribution in [0, 0.1) is 0 Å². The molecule has 0 aliphatic carbocycles. The number of anilines is 1. The lowest BCUT2D eigenvalue weighted by Crippen LogP contribution is -2.12. The fourth-order valence-corrected chi connectivity index (χ4v) is 2.45. The Kier molecular flexibility index (Phi) is 3.31. The van der Waals surface area contributed by atoms with Crippen LogP contribution in [-0.4, -0.2) is 12.7 Å². The average molecular weight is 256 g/mol. The minimum atomic E-state index is -0.430. The van der Waals surface area contributed by atoms with Crippen molar-refractivity contribution in [2.45, 2.75) is 6.92 Å². The van der Waals surface area contributed by atoms with Gasteiger partial charge in [0.25, 0.3) is 0 Å². The number of thiophene rings is 1. The second-order valence-corrected chi connectivity index (χ2v) is 4.66. The van der Waals surface area contributed by atoms with E-state index < -0.39 is 6.09 Å². The van der Waals surface area contributed by atoms with Gasteiger partial charge in [0.05, 0.1) is 11.6 Å². The molecule has 1 aromatic carbocycles. The van der Waals surface area contributed by atoms with E-state index in [1.807, 2.05) is 24.3 Å². The normalized spacial score (nSPS) is 10.4. The van der Waals surface area contributed by atoms with Crippen LogP contribution in [0.2, 0.25) is 5.02 Å². The van der Waals surface area contributed by atoms with Crippen molar-refractivity contribution in [3.8, 4) is 0 Å². The molecule has 0 saturated carbocycles. The number of halogens is 1. The highest BCUT2D eigenvalue weighted by molar-refractivity contribution is 7.22. The lowest BCUT2D eigenvalue weighted by atomic mass is 10.3. The smallest absolute Gasteiger partial charge is 0.412 e. The molecule has 0 spiro atoms. The zero-order valence-corrected chi connectivity index (χ0v) is 10.2. The summed E-state index contributed by atoms with van der Waals surface area (Å²) in [6, 6.07) is 7.50. The number of carbonyl (C=O) groups excluding carboxylic acids is 1. The summed E-state index contributed by atoms with van der Waals surface area (Å²) in [6.07, 6.45) is -0.430. The predicted octanol–water partition coefficient (Wildman–Crippen LogP) is 4.12. The van der Waals surface area contributed by atoms with Crippen LogP contribution in [0.15, 0.2) is 24.3 Å². The van der Waals surface area contributed by atoms with Crippen LogP contribution < -0.4 is 5.32 Å². The second kappa shape index (κ2) is 4.72. The van der Waals surface area contributed by atoms with Crippen molar-refractivity contribution in [3.05, 3.63) is 29.3 Å². The number of benzene rings is 1. The summed E-state index contributed by atoms with van der Waals surface area (Å²) in [6.45, 7) is 2.13. The van der Waals surface area contributed by atoms with Crippen molar-refractivity contribution in [1.29, 1.82) is 0 Å². The Labute approximate surface area is 102 Å². The quantitative estimate of drug-likeness (QED) is 0.877. The molecule has 1 N–H and O–H groups in total. The van der Waals surface area contributed by atoms with Gasteiger partial charge in [0.2, 0.25) is 0 Å². The molecule has 16 heavy (non-hydrogen) atoms. The predicted molar refractivity (Wildman–Crippen MR) is 67.5 cm³/mol. The first-order valence-corrected chi connectivity index (χ1v) is 6.01. The molecule has 0 atom stereocenters.